The molecular weight excluding hydrogens is 272 g/mol. The van der Waals surface area contributed by atoms with Crippen molar-refractivity contribution in [1.29, 1.82) is 0 Å². The normalized spacial score (nSPS) is 14.6. The van der Waals surface area contributed by atoms with E-state index < -0.39 is 0 Å². The number of carbonyl (C=O) groups excluding carboxylic acids is 1. The molecule has 110 valence electrons. The summed E-state index contributed by atoms with van der Waals surface area (Å²) in [5.74, 6) is 0.132. The molecular formula is C19H18N2O. The van der Waals surface area contributed by atoms with Gasteiger partial charge in [-0.05, 0) is 71.9 Å². The molecule has 0 aliphatic heterocycles. The van der Waals surface area contributed by atoms with Crippen LogP contribution in [0.3, 0.4) is 0 Å². The molecule has 0 amide bonds. The third-order valence-corrected chi connectivity index (χ3v) is 4.08. The topological polar surface area (TPSA) is 42.9 Å². The van der Waals surface area contributed by atoms with Crippen LogP contribution in [0.5, 0.6) is 0 Å². The minimum atomic E-state index is 0.132. The molecule has 22 heavy (non-hydrogen) atoms. The summed E-state index contributed by atoms with van der Waals surface area (Å²) in [5, 5.41) is 0. The summed E-state index contributed by atoms with van der Waals surface area (Å²) < 4.78 is 0. The second kappa shape index (κ2) is 6.06. The molecule has 0 bridgehead atoms. The number of carbonyl (C=O) groups is 1. The zero-order valence-electron chi connectivity index (χ0n) is 12.8. The maximum absolute atomic E-state index is 12.3. The van der Waals surface area contributed by atoms with E-state index in [1.807, 2.05) is 24.3 Å². The van der Waals surface area contributed by atoms with Gasteiger partial charge in [-0.3, -0.25) is 14.8 Å². The Hall–Kier alpha value is -2.55. The maximum atomic E-state index is 12.3. The Labute approximate surface area is 130 Å². The minimum Gasteiger partial charge on any atom is -0.294 e. The van der Waals surface area contributed by atoms with Crippen LogP contribution >= 0.6 is 0 Å². The Kier molecular flexibility index (Phi) is 3.96. The van der Waals surface area contributed by atoms with Crippen molar-refractivity contribution in [3.63, 3.8) is 0 Å². The Morgan fingerprint density at radius 3 is 1.91 bits per heavy atom. The lowest BCUT2D eigenvalue weighted by Crippen LogP contribution is -2.00. The minimum absolute atomic E-state index is 0.132. The standard InChI is InChI=1S/C19H18N2O/c1-3-16-17(14-4-8-20-9-5-14)12-18(19(16)13(2)22)15-6-10-21-11-7-15/h4-11H,3,12H2,1-2H3. The lowest BCUT2D eigenvalue weighted by Gasteiger charge is -2.08. The van der Waals surface area contributed by atoms with Gasteiger partial charge in [-0.2, -0.15) is 0 Å². The van der Waals surface area contributed by atoms with Crippen molar-refractivity contribution in [2.75, 3.05) is 0 Å². The van der Waals surface area contributed by atoms with Crippen LogP contribution in [0.4, 0.5) is 0 Å². The third-order valence-electron chi connectivity index (χ3n) is 4.08. The molecule has 3 rings (SSSR count). The van der Waals surface area contributed by atoms with Gasteiger partial charge in [0.15, 0.2) is 5.78 Å². The van der Waals surface area contributed by atoms with Gasteiger partial charge in [-0.25, -0.2) is 0 Å². The average Bonchev–Trinajstić information content (AvgIpc) is 2.96. The van der Waals surface area contributed by atoms with E-state index >= 15 is 0 Å². The molecule has 0 atom stereocenters. The largest absolute Gasteiger partial charge is 0.294 e. The van der Waals surface area contributed by atoms with Gasteiger partial charge in [-0.1, -0.05) is 6.92 Å². The van der Waals surface area contributed by atoms with Gasteiger partial charge in [0.2, 0.25) is 0 Å². The molecule has 2 heterocycles. The Morgan fingerprint density at radius 2 is 1.45 bits per heavy atom. The molecule has 0 unspecified atom stereocenters. The fourth-order valence-corrected chi connectivity index (χ4v) is 3.15. The highest BCUT2D eigenvalue weighted by molar-refractivity contribution is 6.11. The fraction of sp³-hybridized carbons (Fsp3) is 0.211. The molecule has 0 spiro atoms. The molecule has 0 aromatic carbocycles. The molecule has 0 fully saturated rings. The summed E-state index contributed by atoms with van der Waals surface area (Å²) >= 11 is 0. The lowest BCUT2D eigenvalue weighted by molar-refractivity contribution is -0.113. The van der Waals surface area contributed by atoms with Crippen molar-refractivity contribution in [2.24, 2.45) is 0 Å². The van der Waals surface area contributed by atoms with Crippen LogP contribution in [0.15, 0.2) is 60.2 Å². The second-order valence-electron chi connectivity index (χ2n) is 5.37. The number of hydrogen-bond acceptors (Lipinski definition) is 3. The summed E-state index contributed by atoms with van der Waals surface area (Å²) in [6, 6.07) is 7.97. The number of allylic oxidation sites excluding steroid dienone is 4. The van der Waals surface area contributed by atoms with Gasteiger partial charge in [-0.15, -0.1) is 0 Å². The first kappa shape index (κ1) is 14.4. The summed E-state index contributed by atoms with van der Waals surface area (Å²) in [7, 11) is 0. The highest BCUT2D eigenvalue weighted by atomic mass is 16.1. The first-order chi connectivity index (χ1) is 10.7. The Bertz CT molecular complexity index is 759. The van der Waals surface area contributed by atoms with Crippen LogP contribution < -0.4 is 0 Å². The molecule has 2 aromatic rings. The van der Waals surface area contributed by atoms with Gasteiger partial charge >= 0.3 is 0 Å². The molecule has 0 saturated heterocycles. The van der Waals surface area contributed by atoms with Crippen molar-refractivity contribution in [3.8, 4) is 0 Å². The monoisotopic (exact) mass is 290 g/mol. The first-order valence-corrected chi connectivity index (χ1v) is 7.49. The molecule has 2 aromatic heterocycles. The number of nitrogens with zero attached hydrogens (tertiary/aromatic N) is 2. The van der Waals surface area contributed by atoms with E-state index in [0.29, 0.717) is 0 Å². The molecule has 0 radical (unpaired) electrons. The predicted octanol–water partition coefficient (Wildman–Crippen LogP) is 4.09. The summed E-state index contributed by atoms with van der Waals surface area (Å²) in [6.07, 6.45) is 8.78. The van der Waals surface area contributed by atoms with Crippen molar-refractivity contribution < 1.29 is 4.79 Å². The molecule has 0 N–H and O–H groups in total. The van der Waals surface area contributed by atoms with E-state index in [0.717, 1.165) is 40.7 Å². The van der Waals surface area contributed by atoms with Crippen molar-refractivity contribution >= 4 is 16.9 Å². The van der Waals surface area contributed by atoms with Crippen LogP contribution in [0, 0.1) is 0 Å². The van der Waals surface area contributed by atoms with Crippen molar-refractivity contribution in [2.45, 2.75) is 26.7 Å². The zero-order valence-corrected chi connectivity index (χ0v) is 12.8. The van der Waals surface area contributed by atoms with Crippen LogP contribution in [0.1, 0.15) is 37.8 Å². The van der Waals surface area contributed by atoms with Gasteiger partial charge in [0.1, 0.15) is 0 Å². The van der Waals surface area contributed by atoms with Crippen molar-refractivity contribution in [1.82, 2.24) is 9.97 Å². The fourth-order valence-electron chi connectivity index (χ4n) is 3.15. The highest BCUT2D eigenvalue weighted by Gasteiger charge is 2.27. The van der Waals surface area contributed by atoms with Crippen LogP contribution in [-0.4, -0.2) is 15.8 Å². The van der Waals surface area contributed by atoms with Gasteiger partial charge in [0.25, 0.3) is 0 Å². The van der Waals surface area contributed by atoms with E-state index in [4.69, 9.17) is 0 Å². The number of Topliss-reactive ketones (excluding diaryl/α,β-unsaturated/α-hetero) is 1. The quantitative estimate of drug-likeness (QED) is 0.852. The smallest absolute Gasteiger partial charge is 0.160 e. The lowest BCUT2D eigenvalue weighted by atomic mass is 9.96. The third kappa shape index (κ3) is 2.50. The maximum Gasteiger partial charge on any atom is 0.160 e. The Morgan fingerprint density at radius 1 is 0.955 bits per heavy atom. The van der Waals surface area contributed by atoms with E-state index in [9.17, 15) is 4.79 Å². The van der Waals surface area contributed by atoms with Gasteiger partial charge < -0.3 is 0 Å². The molecule has 3 heteroatoms. The van der Waals surface area contributed by atoms with Crippen molar-refractivity contribution in [3.05, 3.63) is 71.3 Å². The summed E-state index contributed by atoms with van der Waals surface area (Å²) in [5.41, 5.74) is 6.61. The van der Waals surface area contributed by atoms with Gasteiger partial charge in [0.05, 0.1) is 0 Å². The average molecular weight is 290 g/mol. The van der Waals surface area contributed by atoms with E-state index in [1.165, 1.54) is 5.57 Å². The number of hydrogen-bond donors (Lipinski definition) is 0. The molecule has 1 aliphatic carbocycles. The first-order valence-electron chi connectivity index (χ1n) is 7.49. The predicted molar refractivity (Wildman–Crippen MR) is 87.9 cm³/mol. The molecule has 1 aliphatic rings. The van der Waals surface area contributed by atoms with Gasteiger partial charge in [0, 0.05) is 30.4 Å². The molecule has 3 nitrogen and oxygen atoms in total. The number of ketones is 1. The zero-order chi connectivity index (χ0) is 15.5. The second-order valence-corrected chi connectivity index (χ2v) is 5.37. The molecule has 0 saturated carbocycles. The van der Waals surface area contributed by atoms with Crippen LogP contribution in [-0.2, 0) is 4.79 Å². The SMILES string of the molecule is CCC1=C(c2ccncc2)CC(c2ccncc2)=C1C(C)=O. The number of rotatable bonds is 4. The van der Waals surface area contributed by atoms with E-state index in [2.05, 4.69) is 16.9 Å². The van der Waals surface area contributed by atoms with E-state index in [-0.39, 0.29) is 5.78 Å². The summed E-state index contributed by atoms with van der Waals surface area (Å²) in [6.45, 7) is 3.76. The number of pyridine rings is 2. The summed E-state index contributed by atoms with van der Waals surface area (Å²) in [4.78, 5) is 20.4. The Balaban J connectivity index is 2.14. The number of aromatic nitrogens is 2. The van der Waals surface area contributed by atoms with Crippen LogP contribution in [0.25, 0.3) is 11.1 Å². The van der Waals surface area contributed by atoms with Crippen LogP contribution in [0.2, 0.25) is 0 Å². The van der Waals surface area contributed by atoms with E-state index in [1.54, 1.807) is 31.7 Å². The highest BCUT2D eigenvalue weighted by Crippen LogP contribution is 2.44.